The topological polar surface area (TPSA) is 76.0 Å². The number of hydrogen-bond donors (Lipinski definition) is 1. The predicted molar refractivity (Wildman–Crippen MR) is 148 cm³/mol. The summed E-state index contributed by atoms with van der Waals surface area (Å²) in [7, 11) is 1.65. The first-order valence-corrected chi connectivity index (χ1v) is 12.8. The van der Waals surface area contributed by atoms with Crippen molar-refractivity contribution in [3.63, 3.8) is 0 Å². The molecule has 8 nitrogen and oxygen atoms in total. The van der Waals surface area contributed by atoms with Gasteiger partial charge in [0.25, 0.3) is 0 Å². The molecule has 1 aliphatic rings. The first-order valence-electron chi connectivity index (χ1n) is 12.8. The minimum atomic E-state index is -0.506. The van der Waals surface area contributed by atoms with Crippen molar-refractivity contribution >= 4 is 34.3 Å². The van der Waals surface area contributed by atoms with Crippen LogP contribution in [-0.2, 0) is 9.53 Å². The molecule has 1 N–H and O–H groups in total. The maximum atomic E-state index is 13.3. The summed E-state index contributed by atoms with van der Waals surface area (Å²) < 4.78 is 12.9. The summed E-state index contributed by atoms with van der Waals surface area (Å²) >= 11 is 0. The summed E-state index contributed by atoms with van der Waals surface area (Å²) in [4.78, 5) is 29.7. The molecule has 1 unspecified atom stereocenters. The molecule has 1 aliphatic heterocycles. The van der Waals surface area contributed by atoms with Gasteiger partial charge in [0.1, 0.15) is 17.4 Å². The van der Waals surface area contributed by atoms with Gasteiger partial charge in [0.05, 0.1) is 7.11 Å². The van der Waals surface area contributed by atoms with E-state index in [9.17, 15) is 9.59 Å². The molecule has 0 bridgehead atoms. The van der Waals surface area contributed by atoms with Gasteiger partial charge in [-0.15, -0.1) is 0 Å². The molecule has 1 aromatic heterocycles. The van der Waals surface area contributed by atoms with E-state index in [0.717, 1.165) is 39.2 Å². The number of hydrogen-bond acceptors (Lipinski definition) is 5. The molecule has 198 valence electrons. The SMILES string of the molecule is COc1ccc2c(c1)c(C)cn2C(C)C(=O)Nc1cc(N2CCN(C(=O)OC(C)(C)C)CC2)ccc1C. The number of rotatable bonds is 5. The van der Waals surface area contributed by atoms with E-state index in [2.05, 4.69) is 16.3 Å². The third-order valence-corrected chi connectivity index (χ3v) is 6.81. The first-order chi connectivity index (χ1) is 17.5. The molecule has 2 heterocycles. The molecular formula is C29H38N4O4. The standard InChI is InChI=1S/C29H38N4O4/c1-19-8-9-22(31-12-14-32(15-13-31)28(35)37-29(4,5)6)16-25(19)30-27(34)21(3)33-18-20(2)24-17-23(36-7)10-11-26(24)33/h8-11,16-18,21H,12-15H2,1-7H3,(H,30,34). The largest absolute Gasteiger partial charge is 0.497 e. The lowest BCUT2D eigenvalue weighted by molar-refractivity contribution is -0.118. The van der Waals surface area contributed by atoms with Crippen LogP contribution in [0.25, 0.3) is 10.9 Å². The molecule has 1 atom stereocenters. The summed E-state index contributed by atoms with van der Waals surface area (Å²) in [5, 5.41) is 4.21. The molecule has 1 fully saturated rings. The number of fused-ring (bicyclic) bond motifs is 1. The highest BCUT2D eigenvalue weighted by atomic mass is 16.6. The number of anilines is 2. The second-order valence-corrected chi connectivity index (χ2v) is 10.7. The van der Waals surface area contributed by atoms with Crippen molar-refractivity contribution in [3.8, 4) is 5.75 Å². The fourth-order valence-corrected chi connectivity index (χ4v) is 4.63. The highest BCUT2D eigenvalue weighted by molar-refractivity contribution is 5.96. The second kappa shape index (κ2) is 10.4. The van der Waals surface area contributed by atoms with Crippen molar-refractivity contribution in [2.24, 2.45) is 0 Å². The number of methoxy groups -OCH3 is 1. The van der Waals surface area contributed by atoms with Crippen LogP contribution in [0.5, 0.6) is 5.75 Å². The van der Waals surface area contributed by atoms with Gasteiger partial charge >= 0.3 is 6.09 Å². The normalized spacial score (nSPS) is 15.0. The van der Waals surface area contributed by atoms with Crippen LogP contribution in [0.3, 0.4) is 0 Å². The van der Waals surface area contributed by atoms with E-state index in [1.807, 2.05) is 82.6 Å². The van der Waals surface area contributed by atoms with E-state index in [-0.39, 0.29) is 12.0 Å². The summed E-state index contributed by atoms with van der Waals surface area (Å²) in [5.74, 6) is 0.715. The van der Waals surface area contributed by atoms with Crippen LogP contribution in [0.1, 0.15) is 44.9 Å². The maximum absolute atomic E-state index is 13.3. The second-order valence-electron chi connectivity index (χ2n) is 10.7. The van der Waals surface area contributed by atoms with Crippen molar-refractivity contribution in [1.82, 2.24) is 9.47 Å². The summed E-state index contributed by atoms with van der Waals surface area (Å²) in [6.07, 6.45) is 1.74. The van der Waals surface area contributed by atoms with Gasteiger partial charge in [0, 0.05) is 54.7 Å². The number of carbonyl (C=O) groups is 2. The zero-order chi connectivity index (χ0) is 26.9. The Labute approximate surface area is 219 Å². The monoisotopic (exact) mass is 506 g/mol. The zero-order valence-corrected chi connectivity index (χ0v) is 22.9. The van der Waals surface area contributed by atoms with E-state index in [0.29, 0.717) is 26.2 Å². The Morgan fingerprint density at radius 1 is 0.973 bits per heavy atom. The summed E-state index contributed by atoms with van der Waals surface area (Å²) in [5.41, 5.74) is 4.39. The molecule has 0 radical (unpaired) electrons. The molecule has 0 spiro atoms. The molecular weight excluding hydrogens is 468 g/mol. The van der Waals surface area contributed by atoms with E-state index in [1.54, 1.807) is 12.0 Å². The minimum absolute atomic E-state index is 0.0808. The van der Waals surface area contributed by atoms with Crippen LogP contribution in [0.2, 0.25) is 0 Å². The fourth-order valence-electron chi connectivity index (χ4n) is 4.63. The zero-order valence-electron chi connectivity index (χ0n) is 22.9. The molecule has 4 rings (SSSR count). The lowest BCUT2D eigenvalue weighted by Gasteiger charge is -2.37. The van der Waals surface area contributed by atoms with Crippen molar-refractivity contribution in [2.45, 2.75) is 53.2 Å². The summed E-state index contributed by atoms with van der Waals surface area (Å²) in [6.45, 7) is 14.1. The highest BCUT2D eigenvalue weighted by Crippen LogP contribution is 2.30. The Balaban J connectivity index is 1.45. The molecule has 3 aromatic rings. The fraction of sp³-hybridized carbons (Fsp3) is 0.448. The Bertz CT molecular complexity index is 1300. The number of aromatic nitrogens is 1. The minimum Gasteiger partial charge on any atom is -0.497 e. The molecule has 0 saturated carbocycles. The smallest absolute Gasteiger partial charge is 0.410 e. The number of ether oxygens (including phenoxy) is 2. The predicted octanol–water partition coefficient (Wildman–Crippen LogP) is 5.52. The number of nitrogens with zero attached hydrogens (tertiary/aromatic N) is 3. The van der Waals surface area contributed by atoms with Gasteiger partial charge in [-0.1, -0.05) is 6.07 Å². The first kappa shape index (κ1) is 26.4. The van der Waals surface area contributed by atoms with Gasteiger partial charge in [-0.2, -0.15) is 0 Å². The Hall–Kier alpha value is -3.68. The highest BCUT2D eigenvalue weighted by Gasteiger charge is 2.26. The molecule has 8 heteroatoms. The average molecular weight is 507 g/mol. The maximum Gasteiger partial charge on any atom is 0.410 e. The van der Waals surface area contributed by atoms with Gasteiger partial charge in [-0.3, -0.25) is 4.79 Å². The third-order valence-electron chi connectivity index (χ3n) is 6.81. The molecule has 2 aromatic carbocycles. The lowest BCUT2D eigenvalue weighted by Crippen LogP contribution is -2.50. The third kappa shape index (κ3) is 5.84. The van der Waals surface area contributed by atoms with Crippen LogP contribution < -0.4 is 15.0 Å². The molecule has 0 aliphatic carbocycles. The van der Waals surface area contributed by atoms with Gasteiger partial charge in [-0.25, -0.2) is 4.79 Å². The quantitative estimate of drug-likeness (QED) is 0.493. The van der Waals surface area contributed by atoms with Crippen LogP contribution in [-0.4, -0.2) is 60.4 Å². The summed E-state index contributed by atoms with van der Waals surface area (Å²) in [6, 6.07) is 11.6. The number of nitrogens with one attached hydrogen (secondary N) is 1. The van der Waals surface area contributed by atoms with Crippen molar-refractivity contribution in [3.05, 3.63) is 53.7 Å². The van der Waals surface area contributed by atoms with E-state index in [4.69, 9.17) is 9.47 Å². The Morgan fingerprint density at radius 2 is 1.68 bits per heavy atom. The molecule has 1 saturated heterocycles. The molecule has 2 amide bonds. The van der Waals surface area contributed by atoms with Crippen molar-refractivity contribution in [1.29, 1.82) is 0 Å². The van der Waals surface area contributed by atoms with Crippen LogP contribution in [0.15, 0.2) is 42.6 Å². The number of piperazine rings is 1. The Morgan fingerprint density at radius 3 is 2.32 bits per heavy atom. The van der Waals surface area contributed by atoms with Gasteiger partial charge < -0.3 is 29.2 Å². The number of carbonyl (C=O) groups excluding carboxylic acids is 2. The number of benzene rings is 2. The van der Waals surface area contributed by atoms with Gasteiger partial charge in [-0.05, 0) is 83.0 Å². The van der Waals surface area contributed by atoms with E-state index >= 15 is 0 Å². The van der Waals surface area contributed by atoms with Gasteiger partial charge in [0.2, 0.25) is 5.91 Å². The van der Waals surface area contributed by atoms with E-state index in [1.165, 1.54) is 0 Å². The van der Waals surface area contributed by atoms with E-state index < -0.39 is 11.6 Å². The lowest BCUT2D eigenvalue weighted by atomic mass is 10.1. The number of aryl methyl sites for hydroxylation is 2. The van der Waals surface area contributed by atoms with Crippen LogP contribution in [0.4, 0.5) is 16.2 Å². The average Bonchev–Trinajstić information content (AvgIpc) is 3.19. The number of amides is 2. The Kier molecular flexibility index (Phi) is 7.39. The van der Waals surface area contributed by atoms with Crippen molar-refractivity contribution in [2.75, 3.05) is 43.5 Å². The van der Waals surface area contributed by atoms with Gasteiger partial charge in [0.15, 0.2) is 0 Å². The van der Waals surface area contributed by atoms with Crippen LogP contribution >= 0.6 is 0 Å². The van der Waals surface area contributed by atoms with Crippen molar-refractivity contribution < 1.29 is 19.1 Å². The molecule has 37 heavy (non-hydrogen) atoms. The van der Waals surface area contributed by atoms with Crippen LogP contribution in [0, 0.1) is 13.8 Å².